The minimum absolute atomic E-state index is 0.354. The number of fused-ring (bicyclic) bond motifs is 1. The molecule has 6 heteroatoms. The summed E-state index contributed by atoms with van der Waals surface area (Å²) in [7, 11) is 3.27. The number of hydrogen-bond acceptors (Lipinski definition) is 5. The molecule has 0 unspecified atom stereocenters. The lowest BCUT2D eigenvalue weighted by Crippen LogP contribution is -2.08. The van der Waals surface area contributed by atoms with Gasteiger partial charge in [-0.1, -0.05) is 0 Å². The molecule has 6 nitrogen and oxygen atoms in total. The highest BCUT2D eigenvalue weighted by Crippen LogP contribution is 2.32. The predicted molar refractivity (Wildman–Crippen MR) is 76.5 cm³/mol. The maximum atomic E-state index is 12.1. The van der Waals surface area contributed by atoms with Gasteiger partial charge in [-0.25, -0.2) is 4.79 Å². The van der Waals surface area contributed by atoms with Crippen LogP contribution in [0.4, 0.5) is 0 Å². The van der Waals surface area contributed by atoms with E-state index >= 15 is 0 Å². The maximum Gasteiger partial charge on any atom is 0.346 e. The molecule has 0 atom stereocenters. The van der Waals surface area contributed by atoms with Gasteiger partial charge in [0.05, 0.1) is 18.9 Å². The lowest BCUT2D eigenvalue weighted by Gasteiger charge is -2.10. The van der Waals surface area contributed by atoms with E-state index in [0.29, 0.717) is 17.1 Å². The van der Waals surface area contributed by atoms with Gasteiger partial charge < -0.3 is 9.47 Å². The van der Waals surface area contributed by atoms with Crippen LogP contribution in [-0.4, -0.2) is 27.8 Å². The minimum Gasteiger partial charge on any atom is -0.493 e. The number of pyridine rings is 1. The fourth-order valence-electron chi connectivity index (χ4n) is 2.02. The van der Waals surface area contributed by atoms with Crippen molar-refractivity contribution >= 4 is 16.7 Å². The second kappa shape index (κ2) is 5.24. The highest BCUT2D eigenvalue weighted by Gasteiger charge is 2.14. The number of aromatic nitrogens is 3. The third-order valence-corrected chi connectivity index (χ3v) is 3.07. The molecule has 2 aromatic heterocycles. The summed E-state index contributed by atoms with van der Waals surface area (Å²) in [6.07, 6.45) is 6.45. The number of carbonyl (C=O) groups excluding carboxylic acids is 1. The van der Waals surface area contributed by atoms with E-state index in [4.69, 9.17) is 9.47 Å². The summed E-state index contributed by atoms with van der Waals surface area (Å²) >= 11 is 0. The summed E-state index contributed by atoms with van der Waals surface area (Å²) in [5, 5.41) is 5.78. The Kier molecular flexibility index (Phi) is 3.27. The molecule has 0 bridgehead atoms. The van der Waals surface area contributed by atoms with Gasteiger partial charge >= 0.3 is 5.97 Å². The van der Waals surface area contributed by atoms with E-state index in [0.717, 1.165) is 10.8 Å². The summed E-state index contributed by atoms with van der Waals surface area (Å²) in [5.74, 6) is 0.363. The molecule has 0 fully saturated rings. The van der Waals surface area contributed by atoms with Crippen LogP contribution in [0, 0.1) is 0 Å². The molecule has 3 rings (SSSR count). The molecule has 2 heterocycles. The van der Waals surface area contributed by atoms with Crippen molar-refractivity contribution < 1.29 is 14.3 Å². The van der Waals surface area contributed by atoms with Crippen molar-refractivity contribution in [1.29, 1.82) is 0 Å². The summed E-state index contributed by atoms with van der Waals surface area (Å²) in [6.45, 7) is 0. The van der Waals surface area contributed by atoms with Crippen molar-refractivity contribution in [3.63, 3.8) is 0 Å². The Morgan fingerprint density at radius 3 is 2.71 bits per heavy atom. The molecular weight excluding hydrogens is 270 g/mol. The first-order chi connectivity index (χ1) is 10.2. The first-order valence-corrected chi connectivity index (χ1v) is 6.30. The lowest BCUT2D eigenvalue weighted by molar-refractivity contribution is 0.0730. The first kappa shape index (κ1) is 13.1. The van der Waals surface area contributed by atoms with E-state index in [1.54, 1.807) is 31.7 Å². The molecule has 0 aliphatic carbocycles. The predicted octanol–water partition coefficient (Wildman–Crippen LogP) is 2.20. The van der Waals surface area contributed by atoms with E-state index < -0.39 is 5.97 Å². The minimum atomic E-state index is -0.482. The Morgan fingerprint density at radius 2 is 2.00 bits per heavy atom. The van der Waals surface area contributed by atoms with Crippen LogP contribution in [0.15, 0.2) is 43.0 Å². The van der Waals surface area contributed by atoms with Gasteiger partial charge in [-0.15, -0.1) is 0 Å². The summed E-state index contributed by atoms with van der Waals surface area (Å²) < 4.78 is 12.2. The van der Waals surface area contributed by atoms with Crippen LogP contribution < -0.4 is 9.47 Å². The molecule has 0 saturated heterocycles. The zero-order chi connectivity index (χ0) is 14.8. The number of nitrogens with zero attached hydrogens (tertiary/aromatic N) is 3. The number of carbonyl (C=O) groups is 1. The number of hydrogen-bond donors (Lipinski definition) is 0. The van der Waals surface area contributed by atoms with Crippen molar-refractivity contribution in [1.82, 2.24) is 14.8 Å². The Labute approximate surface area is 120 Å². The number of benzene rings is 1. The van der Waals surface area contributed by atoms with Crippen molar-refractivity contribution in [2.24, 2.45) is 7.05 Å². The van der Waals surface area contributed by atoms with Gasteiger partial charge in [0.1, 0.15) is 0 Å². The molecule has 0 saturated carbocycles. The Bertz CT molecular complexity index is 811. The zero-order valence-corrected chi connectivity index (χ0v) is 11.6. The first-order valence-electron chi connectivity index (χ1n) is 6.30. The maximum absolute atomic E-state index is 12.1. The zero-order valence-electron chi connectivity index (χ0n) is 11.6. The standard InChI is InChI=1S/C15H13N3O3/c1-18-9-12(8-17-18)15(19)21-14-6-11-7-16-4-3-10(11)5-13(14)20-2/h3-9H,1-2H3. The van der Waals surface area contributed by atoms with E-state index in [1.165, 1.54) is 18.0 Å². The molecule has 106 valence electrons. The number of ether oxygens (including phenoxy) is 2. The molecule has 0 aliphatic rings. The molecule has 3 aromatic rings. The highest BCUT2D eigenvalue weighted by molar-refractivity contribution is 5.92. The van der Waals surface area contributed by atoms with Gasteiger partial charge in [0.2, 0.25) is 0 Å². The Hall–Kier alpha value is -2.89. The molecule has 0 radical (unpaired) electrons. The molecular formula is C15H13N3O3. The fraction of sp³-hybridized carbons (Fsp3) is 0.133. The second-order valence-electron chi connectivity index (χ2n) is 4.52. The van der Waals surface area contributed by atoms with E-state index in [2.05, 4.69) is 10.1 Å². The van der Waals surface area contributed by atoms with Gasteiger partial charge in [0, 0.05) is 31.0 Å². The SMILES string of the molecule is COc1cc2ccncc2cc1OC(=O)c1cnn(C)c1. The van der Waals surface area contributed by atoms with Crippen LogP contribution in [0.1, 0.15) is 10.4 Å². The Morgan fingerprint density at radius 1 is 1.19 bits per heavy atom. The van der Waals surface area contributed by atoms with Crippen molar-refractivity contribution in [3.8, 4) is 11.5 Å². The summed E-state index contributed by atoms with van der Waals surface area (Å²) in [4.78, 5) is 16.1. The topological polar surface area (TPSA) is 66.2 Å². The molecule has 21 heavy (non-hydrogen) atoms. The number of aryl methyl sites for hydroxylation is 1. The normalized spacial score (nSPS) is 10.6. The average Bonchev–Trinajstić information content (AvgIpc) is 2.93. The van der Waals surface area contributed by atoms with E-state index in [-0.39, 0.29) is 0 Å². The van der Waals surface area contributed by atoms with Gasteiger partial charge in [0.25, 0.3) is 0 Å². The van der Waals surface area contributed by atoms with E-state index in [1.807, 2.05) is 12.1 Å². The van der Waals surface area contributed by atoms with Crippen molar-refractivity contribution in [3.05, 3.63) is 48.5 Å². The van der Waals surface area contributed by atoms with E-state index in [9.17, 15) is 4.79 Å². The quantitative estimate of drug-likeness (QED) is 0.544. The van der Waals surface area contributed by atoms with Crippen LogP contribution >= 0.6 is 0 Å². The van der Waals surface area contributed by atoms with Crippen LogP contribution in [0.25, 0.3) is 10.8 Å². The molecule has 0 amide bonds. The smallest absolute Gasteiger partial charge is 0.346 e. The Balaban J connectivity index is 1.97. The average molecular weight is 283 g/mol. The van der Waals surface area contributed by atoms with Crippen molar-refractivity contribution in [2.45, 2.75) is 0 Å². The second-order valence-corrected chi connectivity index (χ2v) is 4.52. The fourth-order valence-corrected chi connectivity index (χ4v) is 2.02. The van der Waals surface area contributed by atoms with Crippen LogP contribution in [0.5, 0.6) is 11.5 Å². The number of rotatable bonds is 3. The van der Waals surface area contributed by atoms with Crippen LogP contribution in [0.3, 0.4) is 0 Å². The van der Waals surface area contributed by atoms with Gasteiger partial charge in [-0.05, 0) is 23.6 Å². The monoisotopic (exact) mass is 283 g/mol. The van der Waals surface area contributed by atoms with Crippen LogP contribution in [0.2, 0.25) is 0 Å². The molecule has 1 aromatic carbocycles. The van der Waals surface area contributed by atoms with Gasteiger partial charge in [-0.2, -0.15) is 5.10 Å². The number of methoxy groups -OCH3 is 1. The molecule has 0 N–H and O–H groups in total. The van der Waals surface area contributed by atoms with Gasteiger partial charge in [0.15, 0.2) is 11.5 Å². The largest absolute Gasteiger partial charge is 0.493 e. The van der Waals surface area contributed by atoms with Crippen LogP contribution in [-0.2, 0) is 7.05 Å². The van der Waals surface area contributed by atoms with Crippen molar-refractivity contribution in [2.75, 3.05) is 7.11 Å². The number of esters is 1. The summed E-state index contributed by atoms with van der Waals surface area (Å²) in [5.41, 5.74) is 0.380. The van der Waals surface area contributed by atoms with Gasteiger partial charge in [-0.3, -0.25) is 9.67 Å². The summed E-state index contributed by atoms with van der Waals surface area (Å²) in [6, 6.07) is 5.41. The highest BCUT2D eigenvalue weighted by atomic mass is 16.6. The lowest BCUT2D eigenvalue weighted by atomic mass is 10.1. The third kappa shape index (κ3) is 2.55. The molecule has 0 aliphatic heterocycles. The third-order valence-electron chi connectivity index (χ3n) is 3.07. The molecule has 0 spiro atoms.